The summed E-state index contributed by atoms with van der Waals surface area (Å²) in [4.78, 5) is 17.1. The fraction of sp³-hybridized carbons (Fsp3) is 0.941. The van der Waals surface area contributed by atoms with E-state index in [0.717, 1.165) is 45.6 Å². The van der Waals surface area contributed by atoms with E-state index in [4.69, 9.17) is 0 Å². The molecule has 0 atom stereocenters. The van der Waals surface area contributed by atoms with Gasteiger partial charge in [0.25, 0.3) is 0 Å². The summed E-state index contributed by atoms with van der Waals surface area (Å²) in [5.41, 5.74) is 0. The van der Waals surface area contributed by atoms with E-state index in [-0.39, 0.29) is 0 Å². The van der Waals surface area contributed by atoms with Crippen molar-refractivity contribution in [2.24, 2.45) is 5.92 Å². The zero-order chi connectivity index (χ0) is 14.8. The molecule has 1 aliphatic carbocycles. The van der Waals surface area contributed by atoms with Crippen LogP contribution in [0.15, 0.2) is 0 Å². The van der Waals surface area contributed by atoms with Gasteiger partial charge in [0.2, 0.25) is 0 Å². The summed E-state index contributed by atoms with van der Waals surface area (Å²) in [7, 11) is 0. The Morgan fingerprint density at radius 3 is 2.00 bits per heavy atom. The van der Waals surface area contributed by atoms with E-state index >= 15 is 0 Å². The first-order valence-corrected chi connectivity index (χ1v) is 8.68. The number of rotatable bonds is 10. The maximum absolute atomic E-state index is 12.3. The molecule has 0 radical (unpaired) electrons. The number of carbonyl (C=O) groups excluding carboxylic acids is 1. The average molecular weight is 282 g/mol. The summed E-state index contributed by atoms with van der Waals surface area (Å²) >= 11 is 0. The minimum absolute atomic E-state index is 0.362. The summed E-state index contributed by atoms with van der Waals surface area (Å²) in [6.45, 7) is 12.8. The maximum atomic E-state index is 12.3. The van der Waals surface area contributed by atoms with Crippen LogP contribution in [0, 0.1) is 5.92 Å². The van der Waals surface area contributed by atoms with Crippen molar-refractivity contribution in [1.29, 1.82) is 0 Å². The monoisotopic (exact) mass is 282 g/mol. The fourth-order valence-corrected chi connectivity index (χ4v) is 3.18. The van der Waals surface area contributed by atoms with E-state index in [1.807, 2.05) is 0 Å². The number of ketones is 1. The summed E-state index contributed by atoms with van der Waals surface area (Å²) < 4.78 is 0. The second kappa shape index (κ2) is 10.3. The Bertz CT molecular complexity index is 258. The van der Waals surface area contributed by atoms with Gasteiger partial charge < -0.3 is 4.90 Å². The highest BCUT2D eigenvalue weighted by molar-refractivity contribution is 5.83. The Balaban J connectivity index is 2.25. The standard InChI is InChI=1S/C17H34N2O/c1-4-18(5-2)13-10-14-19(6-3)15-17(20)16-11-8-7-9-12-16/h16H,4-15H2,1-3H3. The molecule has 20 heavy (non-hydrogen) atoms. The summed E-state index contributed by atoms with van der Waals surface area (Å²) in [6, 6.07) is 0. The van der Waals surface area contributed by atoms with Crippen LogP contribution in [0.3, 0.4) is 0 Å². The van der Waals surface area contributed by atoms with Gasteiger partial charge in [0.05, 0.1) is 6.54 Å². The molecule has 1 rings (SSSR count). The van der Waals surface area contributed by atoms with Gasteiger partial charge in [-0.15, -0.1) is 0 Å². The van der Waals surface area contributed by atoms with Crippen molar-refractivity contribution in [2.45, 2.75) is 59.3 Å². The van der Waals surface area contributed by atoms with E-state index in [2.05, 4.69) is 30.6 Å². The van der Waals surface area contributed by atoms with Crippen molar-refractivity contribution in [3.63, 3.8) is 0 Å². The number of likely N-dealkylation sites (N-methyl/N-ethyl adjacent to an activating group) is 1. The molecule has 0 aliphatic heterocycles. The summed E-state index contributed by atoms with van der Waals surface area (Å²) in [6.07, 6.45) is 7.28. The lowest BCUT2D eigenvalue weighted by Crippen LogP contribution is -2.36. The number of hydrogen-bond donors (Lipinski definition) is 0. The van der Waals surface area contributed by atoms with Gasteiger partial charge in [0.15, 0.2) is 0 Å². The third kappa shape index (κ3) is 6.36. The van der Waals surface area contributed by atoms with Gasteiger partial charge in [-0.25, -0.2) is 0 Å². The molecule has 0 unspecified atom stereocenters. The van der Waals surface area contributed by atoms with Crippen molar-refractivity contribution >= 4 is 5.78 Å². The van der Waals surface area contributed by atoms with Crippen LogP contribution in [0.5, 0.6) is 0 Å². The van der Waals surface area contributed by atoms with Crippen molar-refractivity contribution in [2.75, 3.05) is 39.3 Å². The lowest BCUT2D eigenvalue weighted by Gasteiger charge is -2.26. The second-order valence-corrected chi connectivity index (χ2v) is 6.05. The second-order valence-electron chi connectivity index (χ2n) is 6.05. The number of nitrogens with zero attached hydrogens (tertiary/aromatic N) is 2. The minimum Gasteiger partial charge on any atom is -0.304 e. The number of Topliss-reactive ketones (excluding diaryl/α,β-unsaturated/α-hetero) is 1. The molecule has 0 amide bonds. The highest BCUT2D eigenvalue weighted by Crippen LogP contribution is 2.24. The van der Waals surface area contributed by atoms with E-state index < -0.39 is 0 Å². The number of carbonyl (C=O) groups is 1. The van der Waals surface area contributed by atoms with E-state index in [0.29, 0.717) is 18.2 Å². The molecule has 0 heterocycles. The molecular formula is C17H34N2O. The van der Waals surface area contributed by atoms with Crippen molar-refractivity contribution < 1.29 is 4.79 Å². The van der Waals surface area contributed by atoms with Gasteiger partial charge in [-0.3, -0.25) is 9.69 Å². The first-order valence-electron chi connectivity index (χ1n) is 8.68. The van der Waals surface area contributed by atoms with Crippen LogP contribution in [0.1, 0.15) is 59.3 Å². The Morgan fingerprint density at radius 1 is 0.900 bits per heavy atom. The van der Waals surface area contributed by atoms with Crippen LogP contribution in [0.25, 0.3) is 0 Å². The molecule has 1 fully saturated rings. The third-order valence-electron chi connectivity index (χ3n) is 4.73. The molecule has 0 N–H and O–H groups in total. The molecule has 0 aromatic heterocycles. The topological polar surface area (TPSA) is 23.6 Å². The van der Waals surface area contributed by atoms with Crippen molar-refractivity contribution in [3.05, 3.63) is 0 Å². The van der Waals surface area contributed by atoms with E-state index in [1.54, 1.807) is 0 Å². The van der Waals surface area contributed by atoms with Crippen molar-refractivity contribution in [1.82, 2.24) is 9.80 Å². The van der Waals surface area contributed by atoms with Crippen LogP contribution < -0.4 is 0 Å². The Hall–Kier alpha value is -0.410. The number of hydrogen-bond acceptors (Lipinski definition) is 3. The van der Waals surface area contributed by atoms with Gasteiger partial charge in [0, 0.05) is 5.92 Å². The SMILES string of the molecule is CCN(CC)CCCN(CC)CC(=O)C1CCCCC1. The molecule has 3 nitrogen and oxygen atoms in total. The normalized spacial score (nSPS) is 17.1. The first-order chi connectivity index (χ1) is 9.71. The quantitative estimate of drug-likeness (QED) is 0.615. The van der Waals surface area contributed by atoms with Gasteiger partial charge in [-0.05, 0) is 52.0 Å². The molecule has 0 spiro atoms. The van der Waals surface area contributed by atoms with Gasteiger partial charge in [-0.2, -0.15) is 0 Å². The van der Waals surface area contributed by atoms with Gasteiger partial charge in [0.1, 0.15) is 5.78 Å². The molecule has 0 aromatic rings. The highest BCUT2D eigenvalue weighted by Gasteiger charge is 2.22. The fourth-order valence-electron chi connectivity index (χ4n) is 3.18. The maximum Gasteiger partial charge on any atom is 0.149 e. The molecule has 1 saturated carbocycles. The van der Waals surface area contributed by atoms with Gasteiger partial charge >= 0.3 is 0 Å². The molecule has 0 saturated heterocycles. The Kier molecular flexibility index (Phi) is 9.12. The van der Waals surface area contributed by atoms with Crippen LogP contribution in [-0.4, -0.2) is 54.9 Å². The lowest BCUT2D eigenvalue weighted by molar-refractivity contribution is -0.124. The molecule has 1 aliphatic rings. The average Bonchev–Trinajstić information content (AvgIpc) is 2.51. The Labute approximate surface area is 125 Å². The van der Waals surface area contributed by atoms with Crippen LogP contribution in [0.2, 0.25) is 0 Å². The lowest BCUT2D eigenvalue weighted by atomic mass is 9.86. The highest BCUT2D eigenvalue weighted by atomic mass is 16.1. The molecule has 0 aromatic carbocycles. The predicted octanol–water partition coefficient (Wildman–Crippen LogP) is 3.19. The summed E-state index contributed by atoms with van der Waals surface area (Å²) in [5.74, 6) is 0.856. The Morgan fingerprint density at radius 2 is 1.45 bits per heavy atom. The smallest absolute Gasteiger partial charge is 0.149 e. The molecule has 0 bridgehead atoms. The molecular weight excluding hydrogens is 248 g/mol. The van der Waals surface area contributed by atoms with Crippen molar-refractivity contribution in [3.8, 4) is 0 Å². The van der Waals surface area contributed by atoms with Crippen LogP contribution >= 0.6 is 0 Å². The van der Waals surface area contributed by atoms with E-state index in [9.17, 15) is 4.79 Å². The van der Waals surface area contributed by atoms with Crippen LogP contribution in [0.4, 0.5) is 0 Å². The molecule has 3 heteroatoms. The van der Waals surface area contributed by atoms with E-state index in [1.165, 1.54) is 25.7 Å². The zero-order valence-corrected chi connectivity index (χ0v) is 13.9. The molecule has 118 valence electrons. The minimum atomic E-state index is 0.362. The van der Waals surface area contributed by atoms with Gasteiger partial charge in [-0.1, -0.05) is 40.0 Å². The largest absolute Gasteiger partial charge is 0.304 e. The predicted molar refractivity (Wildman–Crippen MR) is 86.1 cm³/mol. The first kappa shape index (κ1) is 17.6. The van der Waals surface area contributed by atoms with Crippen LogP contribution in [-0.2, 0) is 4.79 Å². The summed E-state index contributed by atoms with van der Waals surface area (Å²) in [5, 5.41) is 0. The third-order valence-corrected chi connectivity index (χ3v) is 4.73. The zero-order valence-electron chi connectivity index (χ0n) is 13.9.